The molecule has 1 saturated heterocycles. The molecule has 124 valence electrons. The third kappa shape index (κ3) is 4.88. The Hall–Kier alpha value is -1.72. The van der Waals surface area contributed by atoms with E-state index < -0.39 is 0 Å². The number of aryl methyl sites for hydroxylation is 1. The first-order valence-electron chi connectivity index (χ1n) is 8.58. The summed E-state index contributed by atoms with van der Waals surface area (Å²) in [7, 11) is 0. The maximum Gasteiger partial charge on any atom is 0.119 e. The third-order valence-corrected chi connectivity index (χ3v) is 4.89. The lowest BCUT2D eigenvalue weighted by molar-refractivity contribution is 0.0530. The molecule has 0 radical (unpaired) electrons. The van der Waals surface area contributed by atoms with Gasteiger partial charge in [0.2, 0.25) is 0 Å². The normalized spacial score (nSPS) is 18.1. The maximum absolute atomic E-state index is 10.5. The molecule has 1 aliphatic rings. The van der Waals surface area contributed by atoms with Crippen LogP contribution in [-0.4, -0.2) is 50.5 Å². The van der Waals surface area contributed by atoms with Crippen LogP contribution in [-0.2, 0) is 13.0 Å². The summed E-state index contributed by atoms with van der Waals surface area (Å²) >= 11 is 0. The van der Waals surface area contributed by atoms with Crippen molar-refractivity contribution in [3.05, 3.63) is 48.5 Å². The highest BCUT2D eigenvalue weighted by Gasteiger charge is 2.24. The van der Waals surface area contributed by atoms with Crippen molar-refractivity contribution in [2.75, 3.05) is 19.6 Å². The van der Waals surface area contributed by atoms with Gasteiger partial charge < -0.3 is 14.6 Å². The first-order valence-corrected chi connectivity index (χ1v) is 8.58. The van der Waals surface area contributed by atoms with E-state index in [9.17, 15) is 5.11 Å². The number of benzene rings is 1. The zero-order valence-corrected chi connectivity index (χ0v) is 13.6. The molecule has 2 aromatic rings. The lowest BCUT2D eigenvalue weighted by Gasteiger charge is -2.34. The lowest BCUT2D eigenvalue weighted by atomic mass is 9.88. The Morgan fingerprint density at radius 3 is 2.43 bits per heavy atom. The topological polar surface area (TPSA) is 54.2 Å². The molecule has 1 fully saturated rings. The molecule has 1 unspecified atom stereocenters. The van der Waals surface area contributed by atoms with E-state index in [4.69, 9.17) is 0 Å². The number of piperidine rings is 1. The van der Waals surface area contributed by atoms with Crippen LogP contribution < -0.4 is 0 Å². The van der Waals surface area contributed by atoms with Gasteiger partial charge in [-0.25, -0.2) is 0 Å². The number of rotatable bonds is 7. The van der Waals surface area contributed by atoms with Gasteiger partial charge in [-0.3, -0.25) is 0 Å². The highest BCUT2D eigenvalue weighted by molar-refractivity contribution is 5.14. The van der Waals surface area contributed by atoms with E-state index in [2.05, 4.69) is 39.4 Å². The van der Waals surface area contributed by atoms with Gasteiger partial charge in [-0.15, -0.1) is 10.2 Å². The first kappa shape index (κ1) is 16.1. The fourth-order valence-corrected chi connectivity index (χ4v) is 3.35. The summed E-state index contributed by atoms with van der Waals surface area (Å²) in [5.74, 6) is 0.449. The van der Waals surface area contributed by atoms with Gasteiger partial charge >= 0.3 is 0 Å². The van der Waals surface area contributed by atoms with E-state index in [0.29, 0.717) is 5.92 Å². The van der Waals surface area contributed by atoms with Gasteiger partial charge in [0.25, 0.3) is 0 Å². The number of nitrogens with zero attached hydrogens (tertiary/aromatic N) is 4. The summed E-state index contributed by atoms with van der Waals surface area (Å²) in [4.78, 5) is 2.47. The predicted molar refractivity (Wildman–Crippen MR) is 90.0 cm³/mol. The minimum atomic E-state index is -0.171. The maximum atomic E-state index is 10.5. The minimum absolute atomic E-state index is 0.171. The fourth-order valence-electron chi connectivity index (χ4n) is 3.35. The molecule has 0 amide bonds. The standard InChI is InChI=1S/C18H26N4O/c23-18(7-6-16-4-2-1-3-5-16)17-8-10-21(11-9-17)12-13-22-14-19-20-15-22/h1-5,14-15,17-18,23H,6-13H2. The zero-order chi connectivity index (χ0) is 15.9. The van der Waals surface area contributed by atoms with Crippen LogP contribution in [0.1, 0.15) is 24.8 Å². The summed E-state index contributed by atoms with van der Waals surface area (Å²) in [5.41, 5.74) is 1.32. The molecule has 3 rings (SSSR count). The van der Waals surface area contributed by atoms with Gasteiger partial charge in [0.1, 0.15) is 12.7 Å². The van der Waals surface area contributed by atoms with Gasteiger partial charge in [-0.05, 0) is 50.3 Å². The van der Waals surface area contributed by atoms with Crippen LogP contribution >= 0.6 is 0 Å². The zero-order valence-electron chi connectivity index (χ0n) is 13.6. The van der Waals surface area contributed by atoms with Crippen LogP contribution in [0.3, 0.4) is 0 Å². The lowest BCUT2D eigenvalue weighted by Crippen LogP contribution is -2.39. The third-order valence-electron chi connectivity index (χ3n) is 4.89. The molecule has 0 bridgehead atoms. The summed E-state index contributed by atoms with van der Waals surface area (Å²) in [6, 6.07) is 10.4. The molecule has 2 heterocycles. The van der Waals surface area contributed by atoms with Crippen LogP contribution in [0.5, 0.6) is 0 Å². The Labute approximate surface area is 138 Å². The second-order valence-corrected chi connectivity index (χ2v) is 6.47. The second-order valence-electron chi connectivity index (χ2n) is 6.47. The molecular weight excluding hydrogens is 288 g/mol. The van der Waals surface area contributed by atoms with Crippen LogP contribution in [0.4, 0.5) is 0 Å². The molecule has 0 saturated carbocycles. The van der Waals surface area contributed by atoms with E-state index in [-0.39, 0.29) is 6.10 Å². The number of likely N-dealkylation sites (tertiary alicyclic amines) is 1. The Morgan fingerprint density at radius 2 is 1.74 bits per heavy atom. The molecule has 1 aromatic heterocycles. The van der Waals surface area contributed by atoms with Crippen molar-refractivity contribution in [3.8, 4) is 0 Å². The number of hydrogen-bond acceptors (Lipinski definition) is 4. The largest absolute Gasteiger partial charge is 0.393 e. The van der Waals surface area contributed by atoms with Crippen molar-refractivity contribution in [3.63, 3.8) is 0 Å². The smallest absolute Gasteiger partial charge is 0.119 e. The average molecular weight is 314 g/mol. The number of hydrogen-bond donors (Lipinski definition) is 1. The summed E-state index contributed by atoms with van der Waals surface area (Å²) in [6.07, 6.45) is 7.39. The number of aliphatic hydroxyl groups excluding tert-OH is 1. The van der Waals surface area contributed by atoms with Gasteiger partial charge in [-0.2, -0.15) is 0 Å². The van der Waals surface area contributed by atoms with E-state index in [1.807, 2.05) is 10.6 Å². The van der Waals surface area contributed by atoms with E-state index in [1.54, 1.807) is 12.7 Å². The van der Waals surface area contributed by atoms with Gasteiger partial charge in [0.05, 0.1) is 6.10 Å². The van der Waals surface area contributed by atoms with Crippen molar-refractivity contribution in [1.29, 1.82) is 0 Å². The monoisotopic (exact) mass is 314 g/mol. The van der Waals surface area contributed by atoms with Crippen LogP contribution in [0, 0.1) is 5.92 Å². The Morgan fingerprint density at radius 1 is 1.04 bits per heavy atom. The summed E-state index contributed by atoms with van der Waals surface area (Å²) < 4.78 is 2.01. The molecule has 5 nitrogen and oxygen atoms in total. The van der Waals surface area contributed by atoms with Gasteiger partial charge in [0, 0.05) is 13.1 Å². The van der Waals surface area contributed by atoms with Crippen LogP contribution in [0.15, 0.2) is 43.0 Å². The SMILES string of the molecule is OC(CCc1ccccc1)C1CCN(CCn2cnnc2)CC1. The quantitative estimate of drug-likeness (QED) is 0.849. The van der Waals surface area contributed by atoms with E-state index in [1.165, 1.54) is 5.56 Å². The van der Waals surface area contributed by atoms with Crippen LogP contribution in [0.2, 0.25) is 0 Å². The average Bonchev–Trinajstić information content (AvgIpc) is 3.13. The highest BCUT2D eigenvalue weighted by atomic mass is 16.3. The van der Waals surface area contributed by atoms with Crippen molar-refractivity contribution < 1.29 is 5.11 Å². The summed E-state index contributed by atoms with van der Waals surface area (Å²) in [5, 5.41) is 18.1. The van der Waals surface area contributed by atoms with Crippen LogP contribution in [0.25, 0.3) is 0 Å². The molecule has 0 aliphatic carbocycles. The Bertz CT molecular complexity index is 550. The Kier molecular flexibility index (Phi) is 5.77. The minimum Gasteiger partial charge on any atom is -0.393 e. The Balaban J connectivity index is 1.36. The van der Waals surface area contributed by atoms with Crippen molar-refractivity contribution in [2.45, 2.75) is 38.3 Å². The van der Waals surface area contributed by atoms with Crippen molar-refractivity contribution in [2.24, 2.45) is 5.92 Å². The second kappa shape index (κ2) is 8.22. The molecular formula is C18H26N4O. The first-order chi connectivity index (χ1) is 11.3. The number of aliphatic hydroxyl groups is 1. The van der Waals surface area contributed by atoms with Crippen molar-refractivity contribution in [1.82, 2.24) is 19.7 Å². The molecule has 1 atom stereocenters. The van der Waals surface area contributed by atoms with Gasteiger partial charge in [0.15, 0.2) is 0 Å². The van der Waals surface area contributed by atoms with Gasteiger partial charge in [-0.1, -0.05) is 30.3 Å². The van der Waals surface area contributed by atoms with E-state index in [0.717, 1.165) is 51.9 Å². The summed E-state index contributed by atoms with van der Waals surface area (Å²) in [6.45, 7) is 4.13. The molecule has 1 N–H and O–H groups in total. The molecule has 5 heteroatoms. The predicted octanol–water partition coefficient (Wildman–Crippen LogP) is 1.98. The highest BCUT2D eigenvalue weighted by Crippen LogP contribution is 2.23. The van der Waals surface area contributed by atoms with E-state index >= 15 is 0 Å². The molecule has 1 aliphatic heterocycles. The molecule has 0 spiro atoms. The molecule has 23 heavy (non-hydrogen) atoms. The molecule has 1 aromatic carbocycles. The van der Waals surface area contributed by atoms with Crippen molar-refractivity contribution >= 4 is 0 Å². The number of aromatic nitrogens is 3. The fraction of sp³-hybridized carbons (Fsp3) is 0.556.